The largest absolute Gasteiger partial charge is 0.330 e. The van der Waals surface area contributed by atoms with Crippen LogP contribution >= 0.6 is 0 Å². The third kappa shape index (κ3) is 1.99. The first-order valence-corrected chi connectivity index (χ1v) is 5.02. The average Bonchev–Trinajstić information content (AvgIpc) is 2.20. The fourth-order valence-electron chi connectivity index (χ4n) is 1.82. The number of hydrogen-bond donors (Lipinski definition) is 2. The normalized spacial score (nSPS) is 14.7. The quantitative estimate of drug-likeness (QED) is 0.767. The van der Waals surface area contributed by atoms with Gasteiger partial charge in [0.25, 0.3) is 0 Å². The Balaban J connectivity index is 2.38. The summed E-state index contributed by atoms with van der Waals surface area (Å²) in [4.78, 5) is 11.1. The van der Waals surface area contributed by atoms with Crippen LogP contribution in [0.3, 0.4) is 0 Å². The number of fused-ring (bicyclic) bond motifs is 1. The van der Waals surface area contributed by atoms with Crippen LogP contribution in [0.1, 0.15) is 17.5 Å². The lowest BCUT2D eigenvalue weighted by Crippen LogP contribution is -2.20. The number of amides is 1. The minimum Gasteiger partial charge on any atom is -0.330 e. The van der Waals surface area contributed by atoms with E-state index in [-0.39, 0.29) is 11.7 Å². The maximum absolute atomic E-state index is 13.6. The van der Waals surface area contributed by atoms with Gasteiger partial charge in [-0.2, -0.15) is 0 Å². The van der Waals surface area contributed by atoms with E-state index in [9.17, 15) is 9.18 Å². The Morgan fingerprint density at radius 3 is 2.93 bits per heavy atom. The molecule has 2 rings (SSSR count). The molecule has 1 amide bonds. The van der Waals surface area contributed by atoms with Gasteiger partial charge in [0.1, 0.15) is 5.82 Å². The van der Waals surface area contributed by atoms with Crippen molar-refractivity contribution in [1.29, 1.82) is 0 Å². The molecule has 0 aromatic heterocycles. The van der Waals surface area contributed by atoms with E-state index in [0.29, 0.717) is 31.5 Å². The first-order chi connectivity index (χ1) is 7.20. The van der Waals surface area contributed by atoms with E-state index < -0.39 is 0 Å². The van der Waals surface area contributed by atoms with Gasteiger partial charge in [0.15, 0.2) is 0 Å². The van der Waals surface area contributed by atoms with Gasteiger partial charge in [-0.25, -0.2) is 4.39 Å². The third-order valence-corrected chi connectivity index (χ3v) is 2.55. The molecule has 0 saturated carbocycles. The highest BCUT2D eigenvalue weighted by Crippen LogP contribution is 2.27. The van der Waals surface area contributed by atoms with Crippen LogP contribution < -0.4 is 11.1 Å². The molecule has 1 aliphatic heterocycles. The van der Waals surface area contributed by atoms with Crippen LogP contribution in [-0.4, -0.2) is 12.5 Å². The Bertz CT molecular complexity index is 404. The molecule has 0 saturated heterocycles. The smallest absolute Gasteiger partial charge is 0.224 e. The highest BCUT2D eigenvalue weighted by atomic mass is 19.1. The van der Waals surface area contributed by atoms with E-state index in [1.165, 1.54) is 6.07 Å². The van der Waals surface area contributed by atoms with Crippen LogP contribution in [0.25, 0.3) is 0 Å². The summed E-state index contributed by atoms with van der Waals surface area (Å²) in [6, 6.07) is 3.36. The molecule has 0 radical (unpaired) electrons. The lowest BCUT2D eigenvalue weighted by Gasteiger charge is -2.18. The predicted octanol–water partition coefficient (Wildman–Crippen LogP) is 1.21. The van der Waals surface area contributed by atoms with Crippen molar-refractivity contribution in [3.05, 3.63) is 29.1 Å². The monoisotopic (exact) mass is 208 g/mol. The fourth-order valence-corrected chi connectivity index (χ4v) is 1.82. The number of nitrogens with two attached hydrogens (primary N) is 1. The Kier molecular flexibility index (Phi) is 2.68. The summed E-state index contributed by atoms with van der Waals surface area (Å²) in [7, 11) is 0. The van der Waals surface area contributed by atoms with Crippen LogP contribution in [-0.2, 0) is 17.6 Å². The van der Waals surface area contributed by atoms with Crippen molar-refractivity contribution in [1.82, 2.24) is 0 Å². The Labute approximate surface area is 87.5 Å². The van der Waals surface area contributed by atoms with Crippen molar-refractivity contribution < 1.29 is 9.18 Å². The molecule has 3 N–H and O–H groups in total. The number of carbonyl (C=O) groups excluding carboxylic acids is 1. The first kappa shape index (κ1) is 10.1. The summed E-state index contributed by atoms with van der Waals surface area (Å²) < 4.78 is 13.6. The molecule has 0 unspecified atom stereocenters. The van der Waals surface area contributed by atoms with Crippen molar-refractivity contribution in [2.24, 2.45) is 5.73 Å². The van der Waals surface area contributed by atoms with Gasteiger partial charge >= 0.3 is 0 Å². The molecular formula is C11H13FN2O. The molecule has 1 heterocycles. The third-order valence-electron chi connectivity index (χ3n) is 2.55. The predicted molar refractivity (Wildman–Crippen MR) is 56.1 cm³/mol. The van der Waals surface area contributed by atoms with Crippen LogP contribution in [0.15, 0.2) is 12.1 Å². The molecular weight excluding hydrogens is 195 g/mol. The Hall–Kier alpha value is -1.42. The Morgan fingerprint density at radius 1 is 1.40 bits per heavy atom. The zero-order valence-corrected chi connectivity index (χ0v) is 8.35. The highest BCUT2D eigenvalue weighted by molar-refractivity contribution is 5.94. The number of anilines is 1. The lowest BCUT2D eigenvalue weighted by atomic mass is 9.99. The van der Waals surface area contributed by atoms with E-state index >= 15 is 0 Å². The fraction of sp³-hybridized carbons (Fsp3) is 0.364. The van der Waals surface area contributed by atoms with Crippen molar-refractivity contribution in [3.8, 4) is 0 Å². The summed E-state index contributed by atoms with van der Waals surface area (Å²) in [5, 5.41) is 2.55. The van der Waals surface area contributed by atoms with Gasteiger partial charge in [-0.15, -0.1) is 0 Å². The first-order valence-electron chi connectivity index (χ1n) is 5.02. The van der Waals surface area contributed by atoms with Gasteiger partial charge in [-0.3, -0.25) is 4.79 Å². The van der Waals surface area contributed by atoms with Crippen molar-refractivity contribution in [3.63, 3.8) is 0 Å². The van der Waals surface area contributed by atoms with E-state index in [1.54, 1.807) is 0 Å². The van der Waals surface area contributed by atoms with Crippen LogP contribution in [0.4, 0.5) is 10.1 Å². The molecule has 4 heteroatoms. The van der Waals surface area contributed by atoms with Gasteiger partial charge in [0.05, 0.1) is 5.69 Å². The van der Waals surface area contributed by atoms with Crippen LogP contribution in [0, 0.1) is 5.82 Å². The van der Waals surface area contributed by atoms with Gasteiger partial charge in [0, 0.05) is 6.42 Å². The van der Waals surface area contributed by atoms with Gasteiger partial charge in [0.2, 0.25) is 5.91 Å². The summed E-state index contributed by atoms with van der Waals surface area (Å²) in [6.07, 6.45) is 1.70. The SMILES string of the molecule is NCCc1cc(F)c2c(c1)CCC(=O)N2. The molecule has 0 aliphatic carbocycles. The number of hydrogen-bond acceptors (Lipinski definition) is 2. The summed E-state index contributed by atoms with van der Waals surface area (Å²) in [5.41, 5.74) is 7.52. The average molecular weight is 208 g/mol. The van der Waals surface area contributed by atoms with Crippen molar-refractivity contribution in [2.45, 2.75) is 19.3 Å². The topological polar surface area (TPSA) is 55.1 Å². The number of rotatable bonds is 2. The number of nitrogens with one attached hydrogen (secondary N) is 1. The molecule has 0 bridgehead atoms. The van der Waals surface area contributed by atoms with E-state index in [1.807, 2.05) is 6.07 Å². The van der Waals surface area contributed by atoms with Crippen molar-refractivity contribution in [2.75, 3.05) is 11.9 Å². The standard InChI is InChI=1S/C11H13FN2O/c12-9-6-7(3-4-13)5-8-1-2-10(15)14-11(8)9/h5-6H,1-4,13H2,(H,14,15). The minimum absolute atomic E-state index is 0.118. The van der Waals surface area contributed by atoms with Gasteiger partial charge in [-0.05, 0) is 36.6 Å². The number of halogens is 1. The van der Waals surface area contributed by atoms with Gasteiger partial charge in [-0.1, -0.05) is 6.07 Å². The molecule has 80 valence electrons. The van der Waals surface area contributed by atoms with E-state index in [0.717, 1.165) is 11.1 Å². The second-order valence-corrected chi connectivity index (χ2v) is 3.70. The van der Waals surface area contributed by atoms with Gasteiger partial charge < -0.3 is 11.1 Å². The summed E-state index contributed by atoms with van der Waals surface area (Å²) in [6.45, 7) is 0.505. The summed E-state index contributed by atoms with van der Waals surface area (Å²) in [5.74, 6) is -0.475. The number of aryl methyl sites for hydroxylation is 1. The second-order valence-electron chi connectivity index (χ2n) is 3.70. The molecule has 1 aromatic carbocycles. The number of carbonyl (C=O) groups is 1. The van der Waals surface area contributed by atoms with Crippen LogP contribution in [0.2, 0.25) is 0 Å². The Morgan fingerprint density at radius 2 is 2.20 bits per heavy atom. The maximum atomic E-state index is 13.6. The molecule has 1 aromatic rings. The molecule has 0 atom stereocenters. The van der Waals surface area contributed by atoms with E-state index in [4.69, 9.17) is 5.73 Å². The minimum atomic E-state index is -0.357. The van der Waals surface area contributed by atoms with E-state index in [2.05, 4.69) is 5.32 Å². The number of benzene rings is 1. The molecule has 0 fully saturated rings. The molecule has 3 nitrogen and oxygen atoms in total. The zero-order valence-electron chi connectivity index (χ0n) is 8.35. The second kappa shape index (κ2) is 3.98. The molecule has 15 heavy (non-hydrogen) atoms. The summed E-state index contributed by atoms with van der Waals surface area (Å²) >= 11 is 0. The molecule has 0 spiro atoms. The zero-order chi connectivity index (χ0) is 10.8. The lowest BCUT2D eigenvalue weighted by molar-refractivity contribution is -0.116. The highest BCUT2D eigenvalue weighted by Gasteiger charge is 2.18. The van der Waals surface area contributed by atoms with Crippen LogP contribution in [0.5, 0.6) is 0 Å². The molecule has 1 aliphatic rings. The maximum Gasteiger partial charge on any atom is 0.224 e. The van der Waals surface area contributed by atoms with Crippen molar-refractivity contribution >= 4 is 11.6 Å².